The molecule has 24 heavy (non-hydrogen) atoms. The number of nitrogens with zero attached hydrogens (tertiary/aromatic N) is 3. The van der Waals surface area contributed by atoms with Gasteiger partial charge in [-0.3, -0.25) is 4.98 Å². The van der Waals surface area contributed by atoms with Gasteiger partial charge in [0.05, 0.1) is 18.1 Å². The summed E-state index contributed by atoms with van der Waals surface area (Å²) in [5, 5.41) is 0. The fourth-order valence-electron chi connectivity index (χ4n) is 2.91. The number of hydrogen-bond donors (Lipinski definition) is 0. The van der Waals surface area contributed by atoms with Crippen molar-refractivity contribution in [3.8, 4) is 28.4 Å². The molecular formula is C20H17N3O. The van der Waals surface area contributed by atoms with Crippen molar-refractivity contribution >= 4 is 11.0 Å². The van der Waals surface area contributed by atoms with Crippen LogP contribution in [0.5, 0.6) is 5.75 Å². The summed E-state index contributed by atoms with van der Waals surface area (Å²) in [4.78, 5) is 9.25. The molecule has 2 heterocycles. The zero-order valence-electron chi connectivity index (χ0n) is 13.6. The fraction of sp³-hybridized carbons (Fsp3) is 0.100. The Bertz CT molecular complexity index is 1020. The van der Waals surface area contributed by atoms with E-state index in [0.717, 1.165) is 39.4 Å². The summed E-state index contributed by atoms with van der Waals surface area (Å²) in [7, 11) is 3.70. The lowest BCUT2D eigenvalue weighted by Crippen LogP contribution is -1.95. The van der Waals surface area contributed by atoms with E-state index in [2.05, 4.69) is 27.8 Å². The number of benzene rings is 2. The first-order valence-electron chi connectivity index (χ1n) is 7.78. The zero-order chi connectivity index (χ0) is 16.5. The molecule has 0 aliphatic carbocycles. The maximum Gasteiger partial charge on any atom is 0.159 e. The molecule has 2 aromatic heterocycles. The Hall–Kier alpha value is -3.14. The highest BCUT2D eigenvalue weighted by Crippen LogP contribution is 2.28. The van der Waals surface area contributed by atoms with Gasteiger partial charge < -0.3 is 9.30 Å². The first-order chi connectivity index (χ1) is 11.8. The van der Waals surface area contributed by atoms with Crippen LogP contribution in [-0.4, -0.2) is 21.6 Å². The molecular weight excluding hydrogens is 298 g/mol. The topological polar surface area (TPSA) is 39.9 Å². The molecule has 0 fully saturated rings. The van der Waals surface area contributed by atoms with Crippen molar-refractivity contribution in [2.45, 2.75) is 0 Å². The number of aryl methyl sites for hydroxylation is 1. The predicted molar refractivity (Wildman–Crippen MR) is 95.9 cm³/mol. The molecule has 4 heteroatoms. The van der Waals surface area contributed by atoms with Gasteiger partial charge in [-0.15, -0.1) is 0 Å². The quantitative estimate of drug-likeness (QED) is 0.565. The second-order valence-corrected chi connectivity index (χ2v) is 5.64. The van der Waals surface area contributed by atoms with Crippen LogP contribution in [0.1, 0.15) is 0 Å². The van der Waals surface area contributed by atoms with Crippen molar-refractivity contribution < 1.29 is 4.74 Å². The molecule has 0 saturated heterocycles. The summed E-state index contributed by atoms with van der Waals surface area (Å²) >= 11 is 0. The molecule has 0 amide bonds. The molecule has 0 spiro atoms. The molecule has 2 aromatic carbocycles. The minimum Gasteiger partial charge on any atom is -0.497 e. The van der Waals surface area contributed by atoms with Gasteiger partial charge >= 0.3 is 0 Å². The van der Waals surface area contributed by atoms with E-state index < -0.39 is 0 Å². The smallest absolute Gasteiger partial charge is 0.159 e. The second kappa shape index (κ2) is 5.81. The third-order valence-electron chi connectivity index (χ3n) is 4.18. The zero-order valence-corrected chi connectivity index (χ0v) is 13.6. The Morgan fingerprint density at radius 2 is 1.75 bits per heavy atom. The van der Waals surface area contributed by atoms with Gasteiger partial charge in [-0.2, -0.15) is 0 Å². The van der Waals surface area contributed by atoms with Crippen LogP contribution in [0.3, 0.4) is 0 Å². The standard InChI is InChI=1S/C20H17N3O/c1-23-19-9-4-3-8-17(19)22-20(23)18-13-15(10-11-21-18)14-6-5-7-16(12-14)24-2/h3-13H,1-2H3. The van der Waals surface area contributed by atoms with E-state index in [1.54, 1.807) is 7.11 Å². The van der Waals surface area contributed by atoms with Gasteiger partial charge in [-0.25, -0.2) is 4.98 Å². The van der Waals surface area contributed by atoms with E-state index in [-0.39, 0.29) is 0 Å². The van der Waals surface area contributed by atoms with Crippen LogP contribution in [-0.2, 0) is 7.05 Å². The van der Waals surface area contributed by atoms with E-state index in [1.165, 1.54) is 0 Å². The van der Waals surface area contributed by atoms with E-state index in [1.807, 2.05) is 55.7 Å². The molecule has 0 N–H and O–H groups in total. The van der Waals surface area contributed by atoms with Gasteiger partial charge in [-0.1, -0.05) is 24.3 Å². The number of rotatable bonds is 3. The molecule has 0 saturated carbocycles. The average molecular weight is 315 g/mol. The first-order valence-corrected chi connectivity index (χ1v) is 7.78. The Morgan fingerprint density at radius 3 is 2.58 bits per heavy atom. The van der Waals surface area contributed by atoms with Gasteiger partial charge in [0.15, 0.2) is 5.82 Å². The van der Waals surface area contributed by atoms with E-state index in [4.69, 9.17) is 9.72 Å². The molecule has 0 bridgehead atoms. The highest BCUT2D eigenvalue weighted by molar-refractivity contribution is 5.80. The van der Waals surface area contributed by atoms with Gasteiger partial charge in [-0.05, 0) is 47.5 Å². The van der Waals surface area contributed by atoms with Gasteiger partial charge in [0.25, 0.3) is 0 Å². The molecule has 118 valence electrons. The number of ether oxygens (including phenoxy) is 1. The molecule has 4 aromatic rings. The maximum absolute atomic E-state index is 5.32. The third-order valence-corrected chi connectivity index (χ3v) is 4.18. The number of pyridine rings is 1. The Morgan fingerprint density at radius 1 is 0.917 bits per heavy atom. The third kappa shape index (κ3) is 2.42. The van der Waals surface area contributed by atoms with Crippen LogP contribution in [0.2, 0.25) is 0 Å². The van der Waals surface area contributed by atoms with Crippen LogP contribution in [0.25, 0.3) is 33.7 Å². The molecule has 0 aliphatic heterocycles. The minimum absolute atomic E-state index is 0.841. The average Bonchev–Trinajstić information content (AvgIpc) is 2.99. The number of para-hydroxylation sites is 2. The maximum atomic E-state index is 5.32. The van der Waals surface area contributed by atoms with Crippen molar-refractivity contribution in [2.24, 2.45) is 7.05 Å². The normalized spacial score (nSPS) is 10.9. The number of fused-ring (bicyclic) bond motifs is 1. The van der Waals surface area contributed by atoms with Gasteiger partial charge in [0.2, 0.25) is 0 Å². The molecule has 0 unspecified atom stereocenters. The Labute approximate surface area is 140 Å². The van der Waals surface area contributed by atoms with Crippen LogP contribution in [0, 0.1) is 0 Å². The highest BCUT2D eigenvalue weighted by atomic mass is 16.5. The van der Waals surface area contributed by atoms with Crippen molar-refractivity contribution in [3.63, 3.8) is 0 Å². The minimum atomic E-state index is 0.841. The lowest BCUT2D eigenvalue weighted by molar-refractivity contribution is 0.415. The van der Waals surface area contributed by atoms with Gasteiger partial charge in [0, 0.05) is 13.2 Å². The number of methoxy groups -OCH3 is 1. The summed E-state index contributed by atoms with van der Waals surface area (Å²) < 4.78 is 7.39. The molecule has 0 atom stereocenters. The number of hydrogen-bond acceptors (Lipinski definition) is 3. The van der Waals surface area contributed by atoms with E-state index in [0.29, 0.717) is 0 Å². The van der Waals surface area contributed by atoms with Crippen LogP contribution < -0.4 is 4.74 Å². The van der Waals surface area contributed by atoms with Crippen LogP contribution in [0.4, 0.5) is 0 Å². The molecule has 0 aliphatic rings. The van der Waals surface area contributed by atoms with Crippen LogP contribution in [0.15, 0.2) is 66.9 Å². The van der Waals surface area contributed by atoms with Crippen molar-refractivity contribution in [1.82, 2.24) is 14.5 Å². The Kier molecular flexibility index (Phi) is 3.50. The molecule has 0 radical (unpaired) electrons. The lowest BCUT2D eigenvalue weighted by Gasteiger charge is -2.07. The van der Waals surface area contributed by atoms with E-state index in [9.17, 15) is 0 Å². The van der Waals surface area contributed by atoms with Crippen molar-refractivity contribution in [1.29, 1.82) is 0 Å². The first kappa shape index (κ1) is 14.5. The molecule has 4 rings (SSSR count). The van der Waals surface area contributed by atoms with Crippen molar-refractivity contribution in [2.75, 3.05) is 7.11 Å². The SMILES string of the molecule is COc1cccc(-c2ccnc(-c3nc4ccccc4n3C)c2)c1. The molecule has 4 nitrogen and oxygen atoms in total. The summed E-state index contributed by atoms with van der Waals surface area (Å²) in [5.74, 6) is 1.70. The second-order valence-electron chi connectivity index (χ2n) is 5.64. The monoisotopic (exact) mass is 315 g/mol. The van der Waals surface area contributed by atoms with Crippen LogP contribution >= 0.6 is 0 Å². The lowest BCUT2D eigenvalue weighted by atomic mass is 10.1. The van der Waals surface area contributed by atoms with E-state index >= 15 is 0 Å². The van der Waals surface area contributed by atoms with Gasteiger partial charge in [0.1, 0.15) is 11.4 Å². The predicted octanol–water partition coefficient (Wildman–Crippen LogP) is 4.31. The van der Waals surface area contributed by atoms with Crippen molar-refractivity contribution in [3.05, 3.63) is 66.9 Å². The summed E-state index contributed by atoms with van der Waals surface area (Å²) in [6.07, 6.45) is 1.82. The summed E-state index contributed by atoms with van der Waals surface area (Å²) in [6.45, 7) is 0. The summed E-state index contributed by atoms with van der Waals surface area (Å²) in [6, 6.07) is 20.2. The Balaban J connectivity index is 1.83. The fourth-order valence-corrected chi connectivity index (χ4v) is 2.91. The number of imidazole rings is 1. The highest BCUT2D eigenvalue weighted by Gasteiger charge is 2.11. The number of aromatic nitrogens is 3. The summed E-state index contributed by atoms with van der Waals surface area (Å²) in [5.41, 5.74) is 5.11. The largest absolute Gasteiger partial charge is 0.497 e.